The maximum absolute atomic E-state index is 10.9. The number of hydrogen-bond acceptors (Lipinski definition) is 2. The molecule has 0 aromatic rings. The molecule has 0 aliphatic carbocycles. The monoisotopic (exact) mass is 215 g/mol. The van der Waals surface area contributed by atoms with Crippen LogP contribution in [0, 0.1) is 0 Å². The molecule has 0 aliphatic heterocycles. The van der Waals surface area contributed by atoms with E-state index in [0.717, 1.165) is 6.42 Å². The lowest BCUT2D eigenvalue weighted by Crippen LogP contribution is -2.23. The molecule has 1 N–H and O–H groups in total. The van der Waals surface area contributed by atoms with Gasteiger partial charge in [-0.3, -0.25) is 0 Å². The second kappa shape index (κ2) is 11.3. The molecule has 0 radical (unpaired) electrons. The summed E-state index contributed by atoms with van der Waals surface area (Å²) in [4.78, 5) is 10.9. The van der Waals surface area contributed by atoms with E-state index in [2.05, 4.69) is 12.2 Å². The lowest BCUT2D eigenvalue weighted by molar-refractivity contribution is 0.144. The van der Waals surface area contributed by atoms with Crippen molar-refractivity contribution in [3.8, 4) is 0 Å². The Morgan fingerprint density at radius 3 is 2.20 bits per heavy atom. The number of rotatable bonds is 9. The van der Waals surface area contributed by atoms with E-state index < -0.39 is 0 Å². The number of carbonyl (C=O) groups is 1. The number of carbonyl (C=O) groups excluding carboxylic acids is 1. The molecule has 0 aromatic carbocycles. The number of amides is 1. The van der Waals surface area contributed by atoms with Gasteiger partial charge in [0.05, 0.1) is 6.61 Å². The minimum atomic E-state index is -0.288. The van der Waals surface area contributed by atoms with Crippen LogP contribution in [0.15, 0.2) is 0 Å². The van der Waals surface area contributed by atoms with Crippen molar-refractivity contribution < 1.29 is 9.53 Å². The first-order chi connectivity index (χ1) is 7.31. The minimum Gasteiger partial charge on any atom is -0.450 e. The second-order valence-electron chi connectivity index (χ2n) is 3.79. The Balaban J connectivity index is 3.01. The molecule has 0 heterocycles. The van der Waals surface area contributed by atoms with Crippen molar-refractivity contribution in [1.82, 2.24) is 5.32 Å². The highest BCUT2D eigenvalue weighted by Gasteiger charge is 1.97. The molecule has 1 amide bonds. The maximum Gasteiger partial charge on any atom is 0.407 e. The van der Waals surface area contributed by atoms with Gasteiger partial charge in [0.25, 0.3) is 0 Å². The van der Waals surface area contributed by atoms with Gasteiger partial charge < -0.3 is 10.1 Å². The van der Waals surface area contributed by atoms with Crippen molar-refractivity contribution in [2.24, 2.45) is 0 Å². The van der Waals surface area contributed by atoms with Gasteiger partial charge in [-0.1, -0.05) is 45.4 Å². The van der Waals surface area contributed by atoms with Crippen molar-refractivity contribution in [3.05, 3.63) is 0 Å². The molecular formula is C12H25NO2. The van der Waals surface area contributed by atoms with E-state index in [4.69, 9.17) is 4.74 Å². The largest absolute Gasteiger partial charge is 0.450 e. The van der Waals surface area contributed by atoms with Gasteiger partial charge in [-0.25, -0.2) is 4.79 Å². The van der Waals surface area contributed by atoms with Gasteiger partial charge in [-0.2, -0.15) is 0 Å². The highest BCUT2D eigenvalue weighted by atomic mass is 16.5. The number of hydrogen-bond donors (Lipinski definition) is 1. The van der Waals surface area contributed by atoms with Crippen LogP contribution >= 0.6 is 0 Å². The van der Waals surface area contributed by atoms with E-state index in [1.54, 1.807) is 0 Å². The SMILES string of the molecule is CCCCCCCCCOC(=O)NCC. The minimum absolute atomic E-state index is 0.288. The highest BCUT2D eigenvalue weighted by Crippen LogP contribution is 2.06. The number of unbranched alkanes of at least 4 members (excludes halogenated alkanes) is 6. The van der Waals surface area contributed by atoms with Crippen LogP contribution in [0.25, 0.3) is 0 Å². The van der Waals surface area contributed by atoms with E-state index in [0.29, 0.717) is 13.2 Å². The Morgan fingerprint density at radius 1 is 1.00 bits per heavy atom. The molecule has 0 spiro atoms. The van der Waals surface area contributed by atoms with E-state index >= 15 is 0 Å². The van der Waals surface area contributed by atoms with Gasteiger partial charge >= 0.3 is 6.09 Å². The molecule has 0 saturated heterocycles. The summed E-state index contributed by atoms with van der Waals surface area (Å²) in [7, 11) is 0. The zero-order valence-electron chi connectivity index (χ0n) is 10.2. The average Bonchev–Trinajstić information content (AvgIpc) is 2.22. The zero-order chi connectivity index (χ0) is 11.4. The molecule has 0 atom stereocenters. The van der Waals surface area contributed by atoms with Crippen LogP contribution in [0.3, 0.4) is 0 Å². The van der Waals surface area contributed by atoms with E-state index in [1.807, 2.05) is 6.92 Å². The van der Waals surface area contributed by atoms with Crippen LogP contribution in [0.1, 0.15) is 58.8 Å². The standard InChI is InChI=1S/C12H25NO2/c1-3-5-6-7-8-9-10-11-15-12(14)13-4-2/h3-11H2,1-2H3,(H,13,14). The first-order valence-electron chi connectivity index (χ1n) is 6.21. The third kappa shape index (κ3) is 11.2. The van der Waals surface area contributed by atoms with E-state index in [9.17, 15) is 4.79 Å². The average molecular weight is 215 g/mol. The Labute approximate surface area is 93.6 Å². The third-order valence-corrected chi connectivity index (χ3v) is 2.30. The molecule has 0 bridgehead atoms. The van der Waals surface area contributed by atoms with Crippen LogP contribution in [-0.2, 0) is 4.74 Å². The molecule has 0 unspecified atom stereocenters. The number of nitrogens with one attached hydrogen (secondary N) is 1. The van der Waals surface area contributed by atoms with Crippen LogP contribution < -0.4 is 5.32 Å². The smallest absolute Gasteiger partial charge is 0.407 e. The Hall–Kier alpha value is -0.730. The number of alkyl carbamates (subject to hydrolysis) is 1. The summed E-state index contributed by atoms with van der Waals surface area (Å²) in [6.07, 6.45) is 8.42. The summed E-state index contributed by atoms with van der Waals surface area (Å²) >= 11 is 0. The van der Waals surface area contributed by atoms with Crippen molar-refractivity contribution in [2.45, 2.75) is 58.8 Å². The van der Waals surface area contributed by atoms with E-state index in [1.165, 1.54) is 38.5 Å². The normalized spacial score (nSPS) is 10.0. The van der Waals surface area contributed by atoms with Gasteiger partial charge in [-0.15, -0.1) is 0 Å². The van der Waals surface area contributed by atoms with Crippen molar-refractivity contribution in [3.63, 3.8) is 0 Å². The van der Waals surface area contributed by atoms with Gasteiger partial charge in [-0.05, 0) is 13.3 Å². The quantitative estimate of drug-likeness (QED) is 0.598. The number of ether oxygens (including phenoxy) is 1. The molecule has 0 rings (SSSR count). The fourth-order valence-electron chi connectivity index (χ4n) is 1.42. The summed E-state index contributed by atoms with van der Waals surface area (Å²) in [6, 6.07) is 0. The van der Waals surface area contributed by atoms with Gasteiger partial charge in [0.15, 0.2) is 0 Å². The first kappa shape index (κ1) is 14.3. The van der Waals surface area contributed by atoms with Crippen molar-refractivity contribution in [2.75, 3.05) is 13.2 Å². The highest BCUT2D eigenvalue weighted by molar-refractivity contribution is 5.66. The summed E-state index contributed by atoms with van der Waals surface area (Å²) in [6.45, 7) is 5.30. The molecule has 15 heavy (non-hydrogen) atoms. The molecule has 0 aromatic heterocycles. The summed E-state index contributed by atoms with van der Waals surface area (Å²) in [5.74, 6) is 0. The van der Waals surface area contributed by atoms with Crippen molar-refractivity contribution >= 4 is 6.09 Å². The third-order valence-electron chi connectivity index (χ3n) is 2.30. The summed E-state index contributed by atoms with van der Waals surface area (Å²) in [5, 5.41) is 2.60. The lowest BCUT2D eigenvalue weighted by atomic mass is 10.1. The maximum atomic E-state index is 10.9. The molecule has 0 fully saturated rings. The molecule has 3 heteroatoms. The van der Waals surface area contributed by atoms with Gasteiger partial charge in [0.1, 0.15) is 0 Å². The van der Waals surface area contributed by atoms with Crippen molar-refractivity contribution in [1.29, 1.82) is 0 Å². The van der Waals surface area contributed by atoms with E-state index in [-0.39, 0.29) is 6.09 Å². The lowest BCUT2D eigenvalue weighted by Gasteiger charge is -2.04. The molecule has 3 nitrogen and oxygen atoms in total. The molecule has 90 valence electrons. The summed E-state index contributed by atoms with van der Waals surface area (Å²) in [5.41, 5.74) is 0. The second-order valence-corrected chi connectivity index (χ2v) is 3.79. The van der Waals surface area contributed by atoms with Gasteiger partial charge in [0, 0.05) is 6.54 Å². The fraction of sp³-hybridized carbons (Fsp3) is 0.917. The predicted molar refractivity (Wildman–Crippen MR) is 63.0 cm³/mol. The zero-order valence-corrected chi connectivity index (χ0v) is 10.2. The van der Waals surface area contributed by atoms with Crippen LogP contribution in [0.4, 0.5) is 4.79 Å². The molecule has 0 saturated carbocycles. The Bertz CT molecular complexity index is 149. The fourth-order valence-corrected chi connectivity index (χ4v) is 1.42. The summed E-state index contributed by atoms with van der Waals surface area (Å²) < 4.78 is 4.96. The topological polar surface area (TPSA) is 38.3 Å². The van der Waals surface area contributed by atoms with Crippen LogP contribution in [0.5, 0.6) is 0 Å². The predicted octanol–water partition coefficient (Wildman–Crippen LogP) is 3.48. The molecular weight excluding hydrogens is 190 g/mol. The Kier molecular flexibility index (Phi) is 10.8. The van der Waals surface area contributed by atoms with Crippen LogP contribution in [-0.4, -0.2) is 19.2 Å². The van der Waals surface area contributed by atoms with Gasteiger partial charge in [0.2, 0.25) is 0 Å². The van der Waals surface area contributed by atoms with Crippen LogP contribution in [0.2, 0.25) is 0 Å². The Morgan fingerprint density at radius 2 is 1.60 bits per heavy atom. The molecule has 0 aliphatic rings. The first-order valence-corrected chi connectivity index (χ1v) is 6.21.